The van der Waals surface area contributed by atoms with E-state index in [-0.39, 0.29) is 17.5 Å². The van der Waals surface area contributed by atoms with E-state index >= 15 is 0 Å². The maximum Gasteiger partial charge on any atom is 0.270 e. The molecular weight excluding hydrogens is 271 g/mol. The van der Waals surface area contributed by atoms with Crippen molar-refractivity contribution in [1.82, 2.24) is 9.47 Å². The second-order valence-corrected chi connectivity index (χ2v) is 5.81. The van der Waals surface area contributed by atoms with Crippen molar-refractivity contribution in [2.75, 3.05) is 13.1 Å². The molecule has 1 aliphatic heterocycles. The number of fused-ring (bicyclic) bond motifs is 1. The van der Waals surface area contributed by atoms with Crippen molar-refractivity contribution in [2.45, 2.75) is 25.3 Å². The van der Waals surface area contributed by atoms with E-state index in [4.69, 9.17) is 0 Å². The lowest BCUT2D eigenvalue weighted by Gasteiger charge is -2.31. The predicted octanol–water partition coefficient (Wildman–Crippen LogP) is 2.32. The first-order valence-corrected chi connectivity index (χ1v) is 7.29. The molecule has 2 heterocycles. The monoisotopic (exact) mass is 286 g/mol. The van der Waals surface area contributed by atoms with E-state index in [0.717, 1.165) is 32.4 Å². The van der Waals surface area contributed by atoms with Gasteiger partial charge in [0.1, 0.15) is 11.5 Å². The molecule has 4 nitrogen and oxygen atoms in total. The number of pyridine rings is 1. The van der Waals surface area contributed by atoms with E-state index in [1.807, 2.05) is 0 Å². The molecule has 4 rings (SSSR count). The molecule has 1 aromatic carbocycles. The number of aromatic nitrogens is 1. The minimum Gasteiger partial charge on any atom is -0.337 e. The zero-order valence-corrected chi connectivity index (χ0v) is 11.5. The minimum atomic E-state index is -0.395. The molecule has 1 saturated carbocycles. The van der Waals surface area contributed by atoms with Gasteiger partial charge in [-0.1, -0.05) is 0 Å². The lowest BCUT2D eigenvalue weighted by Crippen LogP contribution is -2.44. The maximum atomic E-state index is 13.4. The number of carbonyl (C=O) groups excluding carboxylic acids is 1. The Labute approximate surface area is 120 Å². The number of hydrogen-bond acceptors (Lipinski definition) is 2. The molecule has 2 aliphatic rings. The summed E-state index contributed by atoms with van der Waals surface area (Å²) in [6, 6.07) is 5.90. The number of hydrogen-bond donors (Lipinski definition) is 0. The maximum absolute atomic E-state index is 13.4. The van der Waals surface area contributed by atoms with Crippen molar-refractivity contribution in [2.24, 2.45) is 0 Å². The highest BCUT2D eigenvalue weighted by Crippen LogP contribution is 2.35. The number of nitrogens with zero attached hydrogens (tertiary/aromatic N) is 2. The van der Waals surface area contributed by atoms with E-state index in [1.165, 1.54) is 18.2 Å². The first-order chi connectivity index (χ1) is 10.1. The quantitative estimate of drug-likeness (QED) is 0.850. The highest BCUT2D eigenvalue weighted by Gasteiger charge is 2.32. The molecule has 0 radical (unpaired) electrons. The van der Waals surface area contributed by atoms with Gasteiger partial charge in [-0.3, -0.25) is 9.59 Å². The molecule has 2 aromatic rings. The number of benzene rings is 1. The summed E-state index contributed by atoms with van der Waals surface area (Å²) in [4.78, 5) is 26.9. The molecule has 0 N–H and O–H groups in total. The highest BCUT2D eigenvalue weighted by molar-refractivity contribution is 5.97. The van der Waals surface area contributed by atoms with Gasteiger partial charge in [-0.2, -0.15) is 0 Å². The third-order valence-corrected chi connectivity index (χ3v) is 4.29. The Kier molecular flexibility index (Phi) is 2.64. The third-order valence-electron chi connectivity index (χ3n) is 4.29. The van der Waals surface area contributed by atoms with Crippen LogP contribution < -0.4 is 5.56 Å². The zero-order chi connectivity index (χ0) is 14.6. The Morgan fingerprint density at radius 2 is 1.95 bits per heavy atom. The van der Waals surface area contributed by atoms with Crippen LogP contribution in [0, 0.1) is 5.82 Å². The zero-order valence-electron chi connectivity index (χ0n) is 11.5. The van der Waals surface area contributed by atoms with Crippen LogP contribution in [0.2, 0.25) is 0 Å². The summed E-state index contributed by atoms with van der Waals surface area (Å²) >= 11 is 0. The van der Waals surface area contributed by atoms with Crippen molar-refractivity contribution >= 4 is 16.7 Å². The van der Waals surface area contributed by atoms with Gasteiger partial charge in [0.25, 0.3) is 11.5 Å². The predicted molar refractivity (Wildman–Crippen MR) is 77.0 cm³/mol. The molecule has 108 valence electrons. The normalized spacial score (nSPS) is 17.9. The molecule has 0 unspecified atom stereocenters. The Morgan fingerprint density at radius 1 is 1.19 bits per heavy atom. The summed E-state index contributed by atoms with van der Waals surface area (Å²) in [6.45, 7) is 1.47. The minimum absolute atomic E-state index is 0.114. The summed E-state index contributed by atoms with van der Waals surface area (Å²) < 4.78 is 15.0. The summed E-state index contributed by atoms with van der Waals surface area (Å²) in [5.74, 6) is -0.509. The topological polar surface area (TPSA) is 42.3 Å². The van der Waals surface area contributed by atoms with Crippen LogP contribution in [-0.4, -0.2) is 28.5 Å². The van der Waals surface area contributed by atoms with E-state index < -0.39 is 5.82 Å². The van der Waals surface area contributed by atoms with Gasteiger partial charge in [0.05, 0.1) is 0 Å². The fourth-order valence-electron chi connectivity index (χ4n) is 2.85. The van der Waals surface area contributed by atoms with Crippen molar-refractivity contribution < 1.29 is 9.18 Å². The molecule has 2 fully saturated rings. The molecule has 1 aliphatic carbocycles. The van der Waals surface area contributed by atoms with Crippen molar-refractivity contribution in [3.05, 3.63) is 46.1 Å². The molecule has 0 atom stereocenters. The second kappa shape index (κ2) is 4.41. The Morgan fingerprint density at radius 3 is 2.57 bits per heavy atom. The standard InChI is InChI=1S/C16H15FN2O2/c17-11-2-5-13-10(8-11)9-14(16(21)18-6-1-7-18)19(15(13)20)12-3-4-12/h2,5,8-9,12H,1,3-4,6-7H2. The summed E-state index contributed by atoms with van der Waals surface area (Å²) in [5, 5.41) is 0.976. The number of carbonyl (C=O) groups is 1. The lowest BCUT2D eigenvalue weighted by molar-refractivity contribution is 0.0639. The summed E-state index contributed by atoms with van der Waals surface area (Å²) in [6.07, 6.45) is 2.85. The van der Waals surface area contributed by atoms with Gasteiger partial charge in [-0.05, 0) is 48.9 Å². The van der Waals surface area contributed by atoms with Crippen molar-refractivity contribution in [3.63, 3.8) is 0 Å². The number of rotatable bonds is 2. The molecule has 0 bridgehead atoms. The Hall–Kier alpha value is -2.17. The fourth-order valence-corrected chi connectivity index (χ4v) is 2.85. The van der Waals surface area contributed by atoms with Crippen LogP contribution in [0.5, 0.6) is 0 Å². The lowest BCUT2D eigenvalue weighted by atomic mass is 10.1. The Balaban J connectivity index is 1.96. The molecule has 21 heavy (non-hydrogen) atoms. The first kappa shape index (κ1) is 12.6. The van der Waals surface area contributed by atoms with Crippen molar-refractivity contribution in [3.8, 4) is 0 Å². The second-order valence-electron chi connectivity index (χ2n) is 5.81. The summed E-state index contributed by atoms with van der Waals surface area (Å²) in [5.41, 5.74) is 0.221. The highest BCUT2D eigenvalue weighted by atomic mass is 19.1. The third kappa shape index (κ3) is 1.95. The van der Waals surface area contributed by atoms with Crippen LogP contribution in [-0.2, 0) is 0 Å². The smallest absolute Gasteiger partial charge is 0.270 e. The number of halogens is 1. The summed E-state index contributed by atoms with van der Waals surface area (Å²) in [7, 11) is 0. The number of amides is 1. The van der Waals surface area contributed by atoms with E-state index in [0.29, 0.717) is 16.5 Å². The van der Waals surface area contributed by atoms with Crippen LogP contribution in [0.25, 0.3) is 10.8 Å². The molecule has 0 spiro atoms. The van der Waals surface area contributed by atoms with E-state index in [1.54, 1.807) is 15.5 Å². The fraction of sp³-hybridized carbons (Fsp3) is 0.375. The van der Waals surface area contributed by atoms with Crippen LogP contribution in [0.3, 0.4) is 0 Å². The Bertz CT molecular complexity index is 804. The van der Waals surface area contributed by atoms with Gasteiger partial charge >= 0.3 is 0 Å². The van der Waals surface area contributed by atoms with Gasteiger partial charge in [0.2, 0.25) is 0 Å². The van der Waals surface area contributed by atoms with Crippen LogP contribution in [0.4, 0.5) is 4.39 Å². The first-order valence-electron chi connectivity index (χ1n) is 7.29. The largest absolute Gasteiger partial charge is 0.337 e. The SMILES string of the molecule is O=C(c1cc2cc(F)ccc2c(=O)n1C1CC1)N1CCC1. The van der Waals surface area contributed by atoms with Gasteiger partial charge in [0.15, 0.2) is 0 Å². The average Bonchev–Trinajstić information content (AvgIpc) is 3.20. The molecule has 5 heteroatoms. The van der Waals surface area contributed by atoms with Crippen LogP contribution >= 0.6 is 0 Å². The van der Waals surface area contributed by atoms with Gasteiger partial charge in [0, 0.05) is 24.5 Å². The van der Waals surface area contributed by atoms with Gasteiger partial charge < -0.3 is 9.47 Å². The molecule has 1 aromatic heterocycles. The molecular formula is C16H15FN2O2. The van der Waals surface area contributed by atoms with Crippen LogP contribution in [0.1, 0.15) is 35.8 Å². The average molecular weight is 286 g/mol. The van der Waals surface area contributed by atoms with E-state index in [2.05, 4.69) is 0 Å². The van der Waals surface area contributed by atoms with Gasteiger partial charge in [-0.25, -0.2) is 4.39 Å². The molecule has 1 amide bonds. The van der Waals surface area contributed by atoms with Gasteiger partial charge in [-0.15, -0.1) is 0 Å². The number of likely N-dealkylation sites (tertiary alicyclic amines) is 1. The van der Waals surface area contributed by atoms with Crippen molar-refractivity contribution in [1.29, 1.82) is 0 Å². The van der Waals surface area contributed by atoms with Crippen LogP contribution in [0.15, 0.2) is 29.1 Å². The molecule has 1 saturated heterocycles. The van der Waals surface area contributed by atoms with E-state index in [9.17, 15) is 14.0 Å².